The second-order valence-corrected chi connectivity index (χ2v) is 12.5. The Bertz CT molecular complexity index is 1980. The number of hydrogen-bond acceptors (Lipinski definition) is 6. The van der Waals surface area contributed by atoms with Crippen LogP contribution in [0.3, 0.4) is 0 Å². The van der Waals surface area contributed by atoms with E-state index in [2.05, 4.69) is 59.7 Å². The van der Waals surface area contributed by atoms with Gasteiger partial charge < -0.3 is 20.5 Å². The molecule has 1 aromatic carbocycles. The minimum absolute atomic E-state index is 0.314. The van der Waals surface area contributed by atoms with Crippen molar-refractivity contribution in [3.05, 3.63) is 77.9 Å². The van der Waals surface area contributed by atoms with Crippen molar-refractivity contribution in [3.63, 3.8) is 0 Å². The number of rotatable bonds is 12. The quantitative estimate of drug-likeness (QED) is 0.0847. The summed E-state index contributed by atoms with van der Waals surface area (Å²) in [6.45, 7) is 7.22. The van der Waals surface area contributed by atoms with Gasteiger partial charge in [0.15, 0.2) is 0 Å². The van der Waals surface area contributed by atoms with Crippen LogP contribution in [0.15, 0.2) is 66.4 Å². The van der Waals surface area contributed by atoms with Gasteiger partial charge in [0.1, 0.15) is 17.0 Å². The van der Waals surface area contributed by atoms with E-state index in [1.807, 2.05) is 58.3 Å². The lowest BCUT2D eigenvalue weighted by Gasteiger charge is -2.12. The second-order valence-electron chi connectivity index (χ2n) is 12.5. The Morgan fingerprint density at radius 3 is 2.72 bits per heavy atom. The van der Waals surface area contributed by atoms with Crippen LogP contribution in [0.2, 0.25) is 0 Å². The van der Waals surface area contributed by atoms with Gasteiger partial charge in [0, 0.05) is 53.6 Å². The van der Waals surface area contributed by atoms with Crippen molar-refractivity contribution in [2.24, 2.45) is 5.92 Å². The maximum atomic E-state index is 14.8. The van der Waals surface area contributed by atoms with Gasteiger partial charge in [-0.05, 0) is 107 Å². The molecule has 0 aliphatic heterocycles. The molecular formula is C38H43FN8. The van der Waals surface area contributed by atoms with E-state index in [1.165, 1.54) is 37.8 Å². The van der Waals surface area contributed by atoms with Gasteiger partial charge in [-0.25, -0.2) is 9.37 Å². The average molecular weight is 631 g/mol. The smallest absolute Gasteiger partial charge is 0.135 e. The summed E-state index contributed by atoms with van der Waals surface area (Å²) in [5.74, 6) is 6.82. The van der Waals surface area contributed by atoms with Gasteiger partial charge >= 0.3 is 0 Å². The summed E-state index contributed by atoms with van der Waals surface area (Å²) in [5, 5.41) is 15.6. The number of nitrogens with zero attached hydrogens (tertiary/aromatic N) is 4. The Morgan fingerprint density at radius 2 is 1.94 bits per heavy atom. The lowest BCUT2D eigenvalue weighted by Crippen LogP contribution is -2.23. The molecule has 4 N–H and O–H groups in total. The van der Waals surface area contributed by atoms with Gasteiger partial charge in [-0.15, -0.1) is 5.92 Å². The third kappa shape index (κ3) is 7.62. The zero-order chi connectivity index (χ0) is 32.8. The van der Waals surface area contributed by atoms with Crippen molar-refractivity contribution in [2.75, 3.05) is 45.6 Å². The summed E-state index contributed by atoms with van der Waals surface area (Å²) in [7, 11) is 4.02. The van der Waals surface area contributed by atoms with Crippen LogP contribution in [0.5, 0.6) is 0 Å². The van der Waals surface area contributed by atoms with Crippen molar-refractivity contribution in [1.29, 1.82) is 0 Å². The number of likely N-dealkylation sites (N-methyl/N-ethyl adjacent to an activating group) is 1. The largest absolute Gasteiger partial charge is 0.384 e. The normalized spacial score (nSPS) is 14.3. The first-order valence-electron chi connectivity index (χ1n) is 16.5. The third-order valence-corrected chi connectivity index (χ3v) is 8.72. The van der Waals surface area contributed by atoms with Crippen LogP contribution in [0, 0.1) is 23.6 Å². The molecule has 0 spiro atoms. The summed E-state index contributed by atoms with van der Waals surface area (Å²) in [6.07, 6.45) is 11.3. The van der Waals surface area contributed by atoms with E-state index in [9.17, 15) is 4.39 Å². The van der Waals surface area contributed by atoms with Crippen LogP contribution in [-0.4, -0.2) is 70.3 Å². The standard InChI is InChI=1S/C38H43FN8/c1-5-9-26(24-40-23-25-10-7-8-11-25)18-27(6-2)32-12-13-34-37(44-32)38(46-45-34)35-22-31-33(43-35)14-15-42-36(31)28-19-29(39)21-30(20-28)41-16-17-47(3)4/h6,12-15,18-22,25,40-41,43H,7-8,10-11,16-17,23-24H2,1-4H3,(H,45,46)/b26-18+,27-6+. The lowest BCUT2D eigenvalue weighted by atomic mass is 10.1. The first kappa shape index (κ1) is 32.2. The molecule has 0 unspecified atom stereocenters. The second kappa shape index (κ2) is 14.8. The van der Waals surface area contributed by atoms with Gasteiger partial charge in [-0.2, -0.15) is 5.10 Å². The van der Waals surface area contributed by atoms with Crippen molar-refractivity contribution >= 4 is 33.2 Å². The molecule has 4 aromatic heterocycles. The molecule has 1 fully saturated rings. The number of aromatic nitrogens is 5. The Kier molecular flexibility index (Phi) is 10.1. The minimum Gasteiger partial charge on any atom is -0.384 e. The highest BCUT2D eigenvalue weighted by atomic mass is 19.1. The topological polar surface area (TPSA) is 97.5 Å². The fourth-order valence-corrected chi connectivity index (χ4v) is 6.32. The number of hydrogen-bond donors (Lipinski definition) is 4. The monoisotopic (exact) mass is 630 g/mol. The molecule has 8 nitrogen and oxygen atoms in total. The van der Waals surface area contributed by atoms with Gasteiger partial charge in [0.2, 0.25) is 0 Å². The van der Waals surface area contributed by atoms with E-state index in [-0.39, 0.29) is 5.82 Å². The van der Waals surface area contributed by atoms with Crippen LogP contribution in [-0.2, 0) is 0 Å². The first-order chi connectivity index (χ1) is 22.9. The molecule has 4 heterocycles. The fourth-order valence-electron chi connectivity index (χ4n) is 6.32. The minimum atomic E-state index is -0.314. The number of H-pyrrole nitrogens is 2. The van der Waals surface area contributed by atoms with Gasteiger partial charge in [0.05, 0.1) is 22.6 Å². The SMILES string of the molecule is CC#C/C(=C\C(=C/C)c1ccc2[nH]nc(-c3cc4c(-c5cc(F)cc(NCCN(C)C)c5)nccc4[nH]3)c2n1)CNCC1CCCC1. The molecular weight excluding hydrogens is 587 g/mol. The van der Waals surface area contributed by atoms with Crippen LogP contribution >= 0.6 is 0 Å². The molecule has 1 saturated carbocycles. The summed E-state index contributed by atoms with van der Waals surface area (Å²) < 4.78 is 14.8. The van der Waals surface area contributed by atoms with E-state index in [1.54, 1.807) is 6.20 Å². The van der Waals surface area contributed by atoms with E-state index < -0.39 is 0 Å². The Hall–Kier alpha value is -4.78. The van der Waals surface area contributed by atoms with Gasteiger partial charge in [-0.3, -0.25) is 10.1 Å². The summed E-state index contributed by atoms with van der Waals surface area (Å²) in [6, 6.07) is 13.0. The zero-order valence-corrected chi connectivity index (χ0v) is 27.7. The van der Waals surface area contributed by atoms with E-state index in [0.29, 0.717) is 23.5 Å². The average Bonchev–Trinajstić information content (AvgIpc) is 3.82. The molecule has 0 saturated heterocycles. The zero-order valence-electron chi connectivity index (χ0n) is 27.7. The van der Waals surface area contributed by atoms with Crippen LogP contribution in [0.4, 0.5) is 10.1 Å². The molecule has 242 valence electrons. The molecule has 0 bridgehead atoms. The number of nitrogens with one attached hydrogen (secondary N) is 4. The predicted molar refractivity (Wildman–Crippen MR) is 191 cm³/mol. The third-order valence-electron chi connectivity index (χ3n) is 8.72. The molecule has 0 atom stereocenters. The Morgan fingerprint density at radius 1 is 1.09 bits per heavy atom. The molecule has 1 aliphatic rings. The maximum absolute atomic E-state index is 14.8. The van der Waals surface area contributed by atoms with E-state index in [4.69, 9.17) is 4.98 Å². The number of halogens is 1. The summed E-state index contributed by atoms with van der Waals surface area (Å²) in [4.78, 5) is 15.3. The molecule has 6 rings (SSSR count). The molecule has 5 aromatic rings. The Labute approximate surface area is 276 Å². The fraction of sp³-hybridized carbons (Fsp3) is 0.342. The molecule has 0 amide bonds. The number of pyridine rings is 2. The van der Waals surface area contributed by atoms with Crippen LogP contribution in [0.25, 0.3) is 50.2 Å². The van der Waals surface area contributed by atoms with Crippen molar-refractivity contribution in [1.82, 2.24) is 35.4 Å². The predicted octanol–water partition coefficient (Wildman–Crippen LogP) is 7.41. The van der Waals surface area contributed by atoms with Gasteiger partial charge in [-0.1, -0.05) is 24.8 Å². The Balaban J connectivity index is 1.29. The van der Waals surface area contributed by atoms with E-state index >= 15 is 0 Å². The molecule has 1 aliphatic carbocycles. The lowest BCUT2D eigenvalue weighted by molar-refractivity contribution is 0.425. The molecule has 47 heavy (non-hydrogen) atoms. The highest BCUT2D eigenvalue weighted by Gasteiger charge is 2.18. The molecule has 9 heteroatoms. The van der Waals surface area contributed by atoms with Crippen molar-refractivity contribution in [2.45, 2.75) is 39.5 Å². The van der Waals surface area contributed by atoms with Crippen molar-refractivity contribution in [3.8, 4) is 34.5 Å². The first-order valence-corrected chi connectivity index (χ1v) is 16.5. The van der Waals surface area contributed by atoms with Crippen LogP contribution in [0.1, 0.15) is 45.2 Å². The van der Waals surface area contributed by atoms with Crippen LogP contribution < -0.4 is 10.6 Å². The molecule has 0 radical (unpaired) electrons. The maximum Gasteiger partial charge on any atom is 0.135 e. The van der Waals surface area contributed by atoms with Gasteiger partial charge in [0.25, 0.3) is 0 Å². The number of benzene rings is 1. The summed E-state index contributed by atoms with van der Waals surface area (Å²) in [5.41, 5.74) is 9.00. The number of anilines is 1. The highest BCUT2D eigenvalue weighted by Crippen LogP contribution is 2.34. The van der Waals surface area contributed by atoms with E-state index in [0.717, 1.165) is 75.7 Å². The number of aromatic amines is 2. The number of allylic oxidation sites excluding steroid dienone is 3. The number of fused-ring (bicyclic) bond motifs is 2. The van der Waals surface area contributed by atoms with Crippen molar-refractivity contribution < 1.29 is 4.39 Å². The highest BCUT2D eigenvalue weighted by molar-refractivity contribution is 5.99. The summed E-state index contributed by atoms with van der Waals surface area (Å²) >= 11 is 0.